The molecular weight excluding hydrogens is 338 g/mol. The Kier molecular flexibility index (Phi) is 7.17. The van der Waals surface area contributed by atoms with Gasteiger partial charge in [-0.25, -0.2) is 4.79 Å². The van der Waals surface area contributed by atoms with Gasteiger partial charge in [0.1, 0.15) is 6.61 Å². The second-order valence-electron chi connectivity index (χ2n) is 6.73. The van der Waals surface area contributed by atoms with Crippen LogP contribution in [0.15, 0.2) is 60.7 Å². The van der Waals surface area contributed by atoms with Crippen LogP contribution >= 0.6 is 0 Å². The van der Waals surface area contributed by atoms with E-state index in [1.54, 1.807) is 48.5 Å². The average Bonchev–Trinajstić information content (AvgIpc) is 2.60. The van der Waals surface area contributed by atoms with E-state index in [2.05, 4.69) is 0 Å². The lowest BCUT2D eigenvalue weighted by atomic mass is 9.86. The fraction of sp³-hybridized carbons (Fsp3) is 0.350. The van der Waals surface area contributed by atoms with Gasteiger partial charge in [-0.3, -0.25) is 0 Å². The third-order valence-corrected chi connectivity index (χ3v) is 4.45. The molecule has 4 nitrogen and oxygen atoms in total. The Morgan fingerprint density at radius 1 is 1.00 bits per heavy atom. The maximum absolute atomic E-state index is 12.8. The molecule has 0 aromatic heterocycles. The van der Waals surface area contributed by atoms with Crippen LogP contribution in [0, 0.1) is 0 Å². The summed E-state index contributed by atoms with van der Waals surface area (Å²) in [5, 5.41) is 11.3. The number of hydrogen-bond acceptors (Lipinski definition) is 4. The zero-order valence-corrected chi connectivity index (χ0v) is 15.8. The third kappa shape index (κ3) is 4.60. The van der Waals surface area contributed by atoms with Gasteiger partial charge in [0.25, 0.3) is 0 Å². The summed E-state index contributed by atoms with van der Waals surface area (Å²) in [6.07, 6.45) is 0. The molecule has 2 aromatic carbocycles. The van der Waals surface area contributed by atoms with E-state index in [0.717, 1.165) is 0 Å². The fourth-order valence-corrected chi connectivity index (χ4v) is 2.24. The van der Waals surface area contributed by atoms with Crippen LogP contribution in [-0.2, 0) is 15.1 Å². The molecule has 0 radical (unpaired) electrons. The van der Waals surface area contributed by atoms with Crippen LogP contribution < -0.4 is 12.4 Å². The SMILES string of the molecule is CN(C)C(C)(C)COC(=O)C(O)(c1ccccc1)c1ccccc1.[Cl-].[H+]. The summed E-state index contributed by atoms with van der Waals surface area (Å²) >= 11 is 0. The minimum Gasteiger partial charge on any atom is -1.00 e. The molecule has 0 fully saturated rings. The van der Waals surface area contributed by atoms with Crippen molar-refractivity contribution >= 4 is 5.97 Å². The normalized spacial score (nSPS) is 11.8. The van der Waals surface area contributed by atoms with Crippen LogP contribution in [0.3, 0.4) is 0 Å². The molecule has 136 valence electrons. The average molecular weight is 364 g/mol. The van der Waals surface area contributed by atoms with Gasteiger partial charge in [-0.05, 0) is 39.1 Å². The monoisotopic (exact) mass is 363 g/mol. The number of carbonyl (C=O) groups excluding carboxylic acids is 1. The van der Waals surface area contributed by atoms with Gasteiger partial charge in [0.2, 0.25) is 5.60 Å². The lowest BCUT2D eigenvalue weighted by Gasteiger charge is -2.34. The molecule has 1 N–H and O–H groups in total. The van der Waals surface area contributed by atoms with E-state index in [4.69, 9.17) is 4.74 Å². The second kappa shape index (κ2) is 8.48. The molecule has 0 atom stereocenters. The van der Waals surface area contributed by atoms with E-state index in [1.165, 1.54) is 0 Å². The van der Waals surface area contributed by atoms with Crippen molar-refractivity contribution in [2.45, 2.75) is 25.0 Å². The Morgan fingerprint density at radius 2 is 1.40 bits per heavy atom. The lowest BCUT2D eigenvalue weighted by molar-refractivity contribution is -0.165. The van der Waals surface area contributed by atoms with Crippen LogP contribution in [-0.4, -0.2) is 42.2 Å². The smallest absolute Gasteiger partial charge is 1.00 e. The zero-order valence-electron chi connectivity index (χ0n) is 16.1. The molecule has 0 spiro atoms. The molecule has 0 aliphatic rings. The molecule has 0 bridgehead atoms. The van der Waals surface area contributed by atoms with Crippen LogP contribution in [0.4, 0.5) is 0 Å². The van der Waals surface area contributed by atoms with Gasteiger partial charge >= 0.3 is 7.40 Å². The van der Waals surface area contributed by atoms with Crippen molar-refractivity contribution in [2.75, 3.05) is 20.7 Å². The minimum atomic E-state index is -1.83. The van der Waals surface area contributed by atoms with Gasteiger partial charge in [-0.2, -0.15) is 0 Å². The summed E-state index contributed by atoms with van der Waals surface area (Å²) in [6.45, 7) is 4.13. The summed E-state index contributed by atoms with van der Waals surface area (Å²) in [5.74, 6) is -0.671. The molecule has 0 heterocycles. The first-order chi connectivity index (χ1) is 11.3. The number of ether oxygens (including phenoxy) is 1. The maximum atomic E-state index is 12.8. The largest absolute Gasteiger partial charge is 1.00 e. The highest BCUT2D eigenvalue weighted by Gasteiger charge is 2.42. The molecule has 0 amide bonds. The van der Waals surface area contributed by atoms with Crippen LogP contribution in [0.25, 0.3) is 0 Å². The van der Waals surface area contributed by atoms with E-state index < -0.39 is 11.6 Å². The Balaban J connectivity index is 0.00000312. The molecule has 2 rings (SSSR count). The molecule has 5 heteroatoms. The van der Waals surface area contributed by atoms with Crippen molar-refractivity contribution in [3.05, 3.63) is 71.8 Å². The predicted octanol–water partition coefficient (Wildman–Crippen LogP) is -0.0776. The molecule has 0 saturated carbocycles. The molecule has 0 aliphatic heterocycles. The van der Waals surface area contributed by atoms with Crippen LogP contribution in [0.5, 0.6) is 0 Å². The number of esters is 1. The first kappa shape index (κ1) is 21.2. The summed E-state index contributed by atoms with van der Waals surface area (Å²) in [6, 6.07) is 17.8. The number of rotatable bonds is 6. The molecular formula is C20H26ClNO3. The summed E-state index contributed by atoms with van der Waals surface area (Å²) in [7, 11) is 3.85. The van der Waals surface area contributed by atoms with Gasteiger partial charge in [0, 0.05) is 5.54 Å². The van der Waals surface area contributed by atoms with Crippen molar-refractivity contribution in [3.63, 3.8) is 0 Å². The van der Waals surface area contributed by atoms with Gasteiger partial charge in [-0.15, -0.1) is 0 Å². The van der Waals surface area contributed by atoms with Crippen molar-refractivity contribution < 1.29 is 28.5 Å². The Bertz CT molecular complexity index is 638. The summed E-state index contributed by atoms with van der Waals surface area (Å²) in [5.41, 5.74) is -1.18. The number of nitrogens with zero attached hydrogens (tertiary/aromatic N) is 1. The molecule has 2 aromatic rings. The molecule has 25 heavy (non-hydrogen) atoms. The number of aliphatic hydroxyl groups is 1. The fourth-order valence-electron chi connectivity index (χ4n) is 2.24. The quantitative estimate of drug-likeness (QED) is 0.730. The van der Waals surface area contributed by atoms with Crippen molar-refractivity contribution in [1.29, 1.82) is 0 Å². The van der Waals surface area contributed by atoms with Crippen molar-refractivity contribution in [2.24, 2.45) is 0 Å². The van der Waals surface area contributed by atoms with E-state index in [-0.39, 0.29) is 26.0 Å². The van der Waals surface area contributed by atoms with Crippen LogP contribution in [0.2, 0.25) is 0 Å². The van der Waals surface area contributed by atoms with Gasteiger partial charge in [-0.1, -0.05) is 60.7 Å². The Morgan fingerprint density at radius 3 is 1.76 bits per heavy atom. The number of halogens is 1. The Labute approximate surface area is 157 Å². The predicted molar refractivity (Wildman–Crippen MR) is 95.7 cm³/mol. The van der Waals surface area contributed by atoms with E-state index in [9.17, 15) is 9.90 Å². The number of benzene rings is 2. The Hall–Kier alpha value is -1.88. The molecule has 0 aliphatic carbocycles. The number of likely N-dealkylation sites (N-methyl/N-ethyl adjacent to an activating group) is 1. The van der Waals surface area contributed by atoms with E-state index in [1.807, 2.05) is 45.0 Å². The standard InChI is InChI=1S/C20H25NO3.ClH/c1-19(2,21(3)4)15-24-18(22)20(23,16-11-7-5-8-12-16)17-13-9-6-10-14-17;/h5-14,23H,15H2,1-4H3;1H. The van der Waals surface area contributed by atoms with Crippen molar-refractivity contribution in [1.82, 2.24) is 4.90 Å². The topological polar surface area (TPSA) is 49.8 Å². The lowest BCUT2D eigenvalue weighted by Crippen LogP contribution is -3.00. The highest BCUT2D eigenvalue weighted by molar-refractivity contribution is 5.85. The first-order valence-corrected chi connectivity index (χ1v) is 7.96. The summed E-state index contributed by atoms with van der Waals surface area (Å²) in [4.78, 5) is 14.8. The maximum Gasteiger partial charge on any atom is 1.00 e. The van der Waals surface area contributed by atoms with Crippen LogP contribution in [0.1, 0.15) is 26.4 Å². The van der Waals surface area contributed by atoms with E-state index >= 15 is 0 Å². The second-order valence-corrected chi connectivity index (χ2v) is 6.73. The van der Waals surface area contributed by atoms with Gasteiger partial charge < -0.3 is 27.2 Å². The highest BCUT2D eigenvalue weighted by Crippen LogP contribution is 2.31. The zero-order chi connectivity index (χ0) is 17.8. The third-order valence-electron chi connectivity index (χ3n) is 4.45. The van der Waals surface area contributed by atoms with E-state index in [0.29, 0.717) is 11.1 Å². The highest BCUT2D eigenvalue weighted by atomic mass is 35.5. The minimum absolute atomic E-state index is 0. The number of hydrogen-bond donors (Lipinski definition) is 1. The first-order valence-electron chi connectivity index (χ1n) is 7.96. The molecule has 0 unspecified atom stereocenters. The van der Waals surface area contributed by atoms with Gasteiger partial charge in [0.05, 0.1) is 0 Å². The van der Waals surface area contributed by atoms with Crippen molar-refractivity contribution in [3.8, 4) is 0 Å². The summed E-state index contributed by atoms with van der Waals surface area (Å²) < 4.78 is 5.51. The molecule has 0 saturated heterocycles. The van der Waals surface area contributed by atoms with Gasteiger partial charge in [0.15, 0.2) is 0 Å². The number of carbonyl (C=O) groups is 1.